The average molecular weight is 367 g/mol. The van der Waals surface area contributed by atoms with E-state index < -0.39 is 0 Å². The minimum Gasteiger partial charge on any atom is -0.334 e. The van der Waals surface area contributed by atoms with Gasteiger partial charge in [0, 0.05) is 18.2 Å². The molecule has 0 unspecified atom stereocenters. The molecule has 0 radical (unpaired) electrons. The largest absolute Gasteiger partial charge is 0.334 e. The zero-order chi connectivity index (χ0) is 17.9. The molecule has 8 heteroatoms. The van der Waals surface area contributed by atoms with Gasteiger partial charge >= 0.3 is 0 Å². The Morgan fingerprint density at radius 1 is 1.00 bits per heavy atom. The number of rotatable bonds is 5. The van der Waals surface area contributed by atoms with Gasteiger partial charge in [0.2, 0.25) is 0 Å². The van der Waals surface area contributed by atoms with Crippen molar-refractivity contribution in [2.24, 2.45) is 7.05 Å². The molecule has 130 valence electrons. The van der Waals surface area contributed by atoms with Crippen molar-refractivity contribution in [3.8, 4) is 22.8 Å². The van der Waals surface area contributed by atoms with Gasteiger partial charge in [-0.15, -0.1) is 10.2 Å². The van der Waals surface area contributed by atoms with Crippen LogP contribution < -0.4 is 0 Å². The second-order valence-electron chi connectivity index (χ2n) is 5.54. The zero-order valence-corrected chi connectivity index (χ0v) is 14.7. The summed E-state index contributed by atoms with van der Waals surface area (Å²) < 4.78 is 20.2. The van der Waals surface area contributed by atoms with E-state index in [1.165, 1.54) is 23.9 Å². The second kappa shape index (κ2) is 7.09. The first-order valence-corrected chi connectivity index (χ1v) is 8.85. The standard InChI is InChI=1S/C18H14FN5OS/c1-24-16(12-7-9-14(19)10-8-12)21-22-18(24)26-11-15-20-17(25-23-15)13-5-3-2-4-6-13/h2-10H,11H2,1H3. The fourth-order valence-corrected chi connectivity index (χ4v) is 3.18. The molecular weight excluding hydrogens is 353 g/mol. The molecule has 6 nitrogen and oxygen atoms in total. The van der Waals surface area contributed by atoms with E-state index in [-0.39, 0.29) is 5.82 Å². The Morgan fingerprint density at radius 2 is 1.77 bits per heavy atom. The van der Waals surface area contributed by atoms with Crippen molar-refractivity contribution in [3.05, 3.63) is 66.2 Å². The lowest BCUT2D eigenvalue weighted by Gasteiger charge is -2.02. The maximum atomic E-state index is 13.1. The highest BCUT2D eigenvalue weighted by atomic mass is 32.2. The van der Waals surface area contributed by atoms with E-state index in [0.29, 0.717) is 23.3 Å². The molecule has 0 fully saturated rings. The van der Waals surface area contributed by atoms with Crippen LogP contribution in [-0.2, 0) is 12.8 Å². The van der Waals surface area contributed by atoms with Gasteiger partial charge in [-0.3, -0.25) is 0 Å². The highest BCUT2D eigenvalue weighted by Gasteiger charge is 2.14. The van der Waals surface area contributed by atoms with E-state index in [9.17, 15) is 4.39 Å². The van der Waals surface area contributed by atoms with Crippen LogP contribution in [0.4, 0.5) is 4.39 Å². The lowest BCUT2D eigenvalue weighted by atomic mass is 10.2. The number of aromatic nitrogens is 5. The average Bonchev–Trinajstić information content (AvgIpc) is 3.29. The summed E-state index contributed by atoms with van der Waals surface area (Å²) in [5.74, 6) is 1.97. The molecule has 0 bridgehead atoms. The third-order valence-corrected chi connectivity index (χ3v) is 4.77. The minimum absolute atomic E-state index is 0.281. The maximum absolute atomic E-state index is 13.1. The first kappa shape index (κ1) is 16.5. The molecule has 0 amide bonds. The van der Waals surface area contributed by atoms with Crippen molar-refractivity contribution < 1.29 is 8.91 Å². The van der Waals surface area contributed by atoms with Crippen LogP contribution in [-0.4, -0.2) is 24.9 Å². The highest BCUT2D eigenvalue weighted by Crippen LogP contribution is 2.25. The Hall–Kier alpha value is -3.00. The van der Waals surface area contributed by atoms with Crippen LogP contribution in [0.1, 0.15) is 5.82 Å². The number of hydrogen-bond donors (Lipinski definition) is 0. The quantitative estimate of drug-likeness (QED) is 0.497. The topological polar surface area (TPSA) is 69.6 Å². The number of halogens is 1. The molecule has 0 saturated carbocycles. The van der Waals surface area contributed by atoms with E-state index in [1.807, 2.05) is 41.9 Å². The summed E-state index contributed by atoms with van der Waals surface area (Å²) in [5.41, 5.74) is 1.69. The van der Waals surface area contributed by atoms with Crippen molar-refractivity contribution in [3.63, 3.8) is 0 Å². The summed E-state index contributed by atoms with van der Waals surface area (Å²) in [7, 11) is 1.87. The van der Waals surface area contributed by atoms with E-state index >= 15 is 0 Å². The molecule has 0 spiro atoms. The van der Waals surface area contributed by atoms with Crippen LogP contribution in [0, 0.1) is 5.82 Å². The number of benzene rings is 2. The summed E-state index contributed by atoms with van der Waals surface area (Å²) in [6.07, 6.45) is 0. The van der Waals surface area contributed by atoms with E-state index in [0.717, 1.165) is 16.3 Å². The fourth-order valence-electron chi connectivity index (χ4n) is 2.43. The van der Waals surface area contributed by atoms with Crippen LogP contribution in [0.25, 0.3) is 22.8 Å². The van der Waals surface area contributed by atoms with Crippen molar-refractivity contribution in [2.45, 2.75) is 10.9 Å². The third-order valence-electron chi connectivity index (χ3n) is 3.76. The molecule has 0 N–H and O–H groups in total. The van der Waals surface area contributed by atoms with Gasteiger partial charge in [0.25, 0.3) is 5.89 Å². The van der Waals surface area contributed by atoms with Crippen LogP contribution in [0.2, 0.25) is 0 Å². The van der Waals surface area contributed by atoms with Crippen molar-refractivity contribution in [2.75, 3.05) is 0 Å². The SMILES string of the molecule is Cn1c(SCc2noc(-c3ccccc3)n2)nnc1-c1ccc(F)cc1. The van der Waals surface area contributed by atoms with Gasteiger partial charge in [-0.25, -0.2) is 4.39 Å². The molecule has 0 aliphatic rings. The van der Waals surface area contributed by atoms with E-state index in [4.69, 9.17) is 4.52 Å². The van der Waals surface area contributed by atoms with Gasteiger partial charge in [0.1, 0.15) is 5.82 Å². The Kier molecular flexibility index (Phi) is 4.49. The van der Waals surface area contributed by atoms with Crippen LogP contribution in [0.5, 0.6) is 0 Å². The van der Waals surface area contributed by atoms with E-state index in [1.54, 1.807) is 12.1 Å². The number of nitrogens with zero attached hydrogens (tertiary/aromatic N) is 5. The van der Waals surface area contributed by atoms with E-state index in [2.05, 4.69) is 20.3 Å². The Balaban J connectivity index is 1.47. The number of thioether (sulfide) groups is 1. The molecule has 0 atom stereocenters. The maximum Gasteiger partial charge on any atom is 0.257 e. The monoisotopic (exact) mass is 367 g/mol. The Morgan fingerprint density at radius 3 is 2.54 bits per heavy atom. The summed E-state index contributed by atoms with van der Waals surface area (Å²) in [6, 6.07) is 15.8. The van der Waals surface area contributed by atoms with Crippen LogP contribution >= 0.6 is 11.8 Å². The summed E-state index contributed by atoms with van der Waals surface area (Å²) in [4.78, 5) is 4.40. The summed E-state index contributed by atoms with van der Waals surface area (Å²) >= 11 is 1.46. The number of hydrogen-bond acceptors (Lipinski definition) is 6. The Bertz CT molecular complexity index is 1010. The molecule has 2 heterocycles. The van der Waals surface area contributed by atoms with Gasteiger partial charge in [-0.1, -0.05) is 35.1 Å². The normalized spacial score (nSPS) is 11.0. The van der Waals surface area contributed by atoms with Crippen molar-refractivity contribution in [1.29, 1.82) is 0 Å². The van der Waals surface area contributed by atoms with Gasteiger partial charge < -0.3 is 9.09 Å². The molecular formula is C18H14FN5OS. The Labute approximate surface area is 153 Å². The van der Waals surface area contributed by atoms with Crippen LogP contribution in [0.15, 0.2) is 64.3 Å². The van der Waals surface area contributed by atoms with Gasteiger partial charge in [0.15, 0.2) is 16.8 Å². The lowest BCUT2D eigenvalue weighted by molar-refractivity contribution is 0.425. The van der Waals surface area contributed by atoms with Crippen molar-refractivity contribution >= 4 is 11.8 Å². The molecule has 0 aliphatic carbocycles. The summed E-state index contributed by atoms with van der Waals surface area (Å²) in [5, 5.41) is 13.1. The third kappa shape index (κ3) is 3.36. The molecule has 2 aromatic heterocycles. The summed E-state index contributed by atoms with van der Waals surface area (Å²) in [6.45, 7) is 0. The van der Waals surface area contributed by atoms with Crippen LogP contribution in [0.3, 0.4) is 0 Å². The first-order valence-electron chi connectivity index (χ1n) is 7.87. The molecule has 0 aliphatic heterocycles. The fraction of sp³-hybridized carbons (Fsp3) is 0.111. The zero-order valence-electron chi connectivity index (χ0n) is 13.8. The molecule has 0 saturated heterocycles. The predicted molar refractivity (Wildman–Crippen MR) is 95.7 cm³/mol. The molecule has 4 rings (SSSR count). The first-order chi connectivity index (χ1) is 12.7. The van der Waals surface area contributed by atoms with Crippen molar-refractivity contribution in [1.82, 2.24) is 24.9 Å². The van der Waals surface area contributed by atoms with Gasteiger partial charge in [0.05, 0.1) is 5.75 Å². The lowest BCUT2D eigenvalue weighted by Crippen LogP contribution is -1.95. The highest BCUT2D eigenvalue weighted by molar-refractivity contribution is 7.98. The second-order valence-corrected chi connectivity index (χ2v) is 6.49. The smallest absolute Gasteiger partial charge is 0.257 e. The molecule has 2 aromatic carbocycles. The molecule has 26 heavy (non-hydrogen) atoms. The minimum atomic E-state index is -0.281. The molecule has 4 aromatic rings. The predicted octanol–water partition coefficient (Wildman–Crippen LogP) is 3.96. The van der Waals surface area contributed by atoms with Gasteiger partial charge in [-0.2, -0.15) is 4.98 Å². The van der Waals surface area contributed by atoms with Gasteiger partial charge in [-0.05, 0) is 36.4 Å².